The third-order valence-electron chi connectivity index (χ3n) is 6.80. The van der Waals surface area contributed by atoms with Crippen molar-refractivity contribution in [1.29, 1.82) is 0 Å². The van der Waals surface area contributed by atoms with Gasteiger partial charge in [-0.2, -0.15) is 13.2 Å². The average Bonchev–Trinajstić information content (AvgIpc) is 3.30. The number of hydrogen-bond acceptors (Lipinski definition) is 3. The maximum absolute atomic E-state index is 13.6. The van der Waals surface area contributed by atoms with Crippen LogP contribution in [0.2, 0.25) is 0 Å². The Morgan fingerprint density at radius 1 is 1.26 bits per heavy atom. The van der Waals surface area contributed by atoms with Crippen LogP contribution in [0.25, 0.3) is 0 Å². The predicted molar refractivity (Wildman–Crippen MR) is 94.6 cm³/mol. The highest BCUT2D eigenvalue weighted by Crippen LogP contribution is 2.51. The number of pyridine rings is 1. The van der Waals surface area contributed by atoms with Crippen LogP contribution in [0.1, 0.15) is 61.8 Å². The molecule has 0 radical (unpaired) electrons. The summed E-state index contributed by atoms with van der Waals surface area (Å²) in [6.07, 6.45) is 3.77. The molecule has 148 valence electrons. The fourth-order valence-corrected chi connectivity index (χ4v) is 5.40. The highest BCUT2D eigenvalue weighted by Gasteiger charge is 2.52. The number of rotatable bonds is 2. The molecule has 0 saturated heterocycles. The Bertz CT molecular complexity index is 730. The zero-order valence-electron chi connectivity index (χ0n) is 15.4. The van der Waals surface area contributed by atoms with Crippen LogP contribution in [0.4, 0.5) is 13.2 Å². The van der Waals surface area contributed by atoms with Crippen LogP contribution in [0, 0.1) is 11.3 Å². The molecule has 7 heteroatoms. The van der Waals surface area contributed by atoms with E-state index >= 15 is 0 Å². The number of alkyl halides is 3. The predicted octanol–water partition coefficient (Wildman–Crippen LogP) is 3.67. The molecule has 2 heterocycles. The monoisotopic (exact) mass is 381 g/mol. The first-order chi connectivity index (χ1) is 12.8. The first kappa shape index (κ1) is 18.7. The van der Waals surface area contributed by atoms with Gasteiger partial charge in [0.15, 0.2) is 0 Å². The van der Waals surface area contributed by atoms with Gasteiger partial charge in [0.05, 0.1) is 11.0 Å². The summed E-state index contributed by atoms with van der Waals surface area (Å²) in [6, 6.07) is 1.20. The Morgan fingerprint density at radius 3 is 2.63 bits per heavy atom. The molecule has 1 aliphatic heterocycles. The van der Waals surface area contributed by atoms with Gasteiger partial charge in [-0.1, -0.05) is 12.8 Å². The number of fused-ring (bicyclic) bond motifs is 1. The summed E-state index contributed by atoms with van der Waals surface area (Å²) in [7, 11) is 0. The summed E-state index contributed by atoms with van der Waals surface area (Å²) in [5, 5.41) is 0. The van der Waals surface area contributed by atoms with Crippen molar-refractivity contribution in [1.82, 2.24) is 9.88 Å². The lowest BCUT2D eigenvalue weighted by molar-refractivity contribution is -0.146. The smallest absolute Gasteiger partial charge is 0.337 e. The molecule has 2 unspecified atom stereocenters. The van der Waals surface area contributed by atoms with Gasteiger partial charge in [0.1, 0.15) is 0 Å². The van der Waals surface area contributed by atoms with Gasteiger partial charge in [-0.25, -0.2) is 0 Å². The molecule has 0 aromatic carbocycles. The van der Waals surface area contributed by atoms with Gasteiger partial charge in [-0.05, 0) is 49.7 Å². The van der Waals surface area contributed by atoms with Gasteiger partial charge in [-0.3, -0.25) is 9.78 Å². The van der Waals surface area contributed by atoms with Crippen molar-refractivity contribution in [3.63, 3.8) is 0 Å². The Kier molecular flexibility index (Phi) is 4.69. The van der Waals surface area contributed by atoms with E-state index in [1.54, 1.807) is 4.90 Å². The van der Waals surface area contributed by atoms with E-state index < -0.39 is 17.2 Å². The van der Waals surface area contributed by atoms with Crippen LogP contribution in [-0.2, 0) is 23.9 Å². The lowest BCUT2D eigenvalue weighted by Gasteiger charge is -2.40. The molecule has 2 atom stereocenters. The molecule has 2 N–H and O–H groups in total. The maximum Gasteiger partial charge on any atom is 0.417 e. The van der Waals surface area contributed by atoms with Crippen molar-refractivity contribution in [3.8, 4) is 0 Å². The fraction of sp³-hybridized carbons (Fsp3) is 0.700. The van der Waals surface area contributed by atoms with Gasteiger partial charge in [0.2, 0.25) is 5.91 Å². The minimum absolute atomic E-state index is 0.0464. The molecule has 1 aromatic rings. The number of nitrogens with two attached hydrogens (primary N) is 1. The highest BCUT2D eigenvalue weighted by atomic mass is 19.4. The van der Waals surface area contributed by atoms with Crippen LogP contribution in [0.5, 0.6) is 0 Å². The number of carbonyl (C=O) groups excluding carboxylic acids is 1. The molecule has 4 rings (SSSR count). The maximum atomic E-state index is 13.6. The number of hydrogen-bond donors (Lipinski definition) is 1. The average molecular weight is 381 g/mol. The summed E-state index contributed by atoms with van der Waals surface area (Å²) in [5.74, 6) is 0.463. The Morgan fingerprint density at radius 2 is 2.00 bits per heavy atom. The lowest BCUT2D eigenvalue weighted by Crippen LogP contribution is -2.48. The summed E-state index contributed by atoms with van der Waals surface area (Å²) < 4.78 is 39.1. The largest absolute Gasteiger partial charge is 0.417 e. The molecular weight excluding hydrogens is 355 g/mol. The van der Waals surface area contributed by atoms with E-state index in [4.69, 9.17) is 5.73 Å². The molecule has 2 saturated carbocycles. The normalized spacial score (nSPS) is 29.2. The molecule has 0 bridgehead atoms. The van der Waals surface area contributed by atoms with E-state index in [2.05, 4.69) is 4.98 Å². The van der Waals surface area contributed by atoms with Crippen molar-refractivity contribution in [2.75, 3.05) is 6.54 Å². The Balaban J connectivity index is 1.59. The highest BCUT2D eigenvalue weighted by molar-refractivity contribution is 5.84. The van der Waals surface area contributed by atoms with Crippen molar-refractivity contribution in [2.45, 2.75) is 70.1 Å². The van der Waals surface area contributed by atoms with Crippen molar-refractivity contribution >= 4 is 5.91 Å². The first-order valence-corrected chi connectivity index (χ1v) is 9.89. The van der Waals surface area contributed by atoms with E-state index in [1.165, 1.54) is 0 Å². The summed E-state index contributed by atoms with van der Waals surface area (Å²) >= 11 is 0. The van der Waals surface area contributed by atoms with Crippen LogP contribution in [0.15, 0.2) is 12.3 Å². The second-order valence-electron chi connectivity index (χ2n) is 8.44. The second-order valence-corrected chi connectivity index (χ2v) is 8.44. The molecule has 2 fully saturated rings. The van der Waals surface area contributed by atoms with Crippen LogP contribution in [-0.4, -0.2) is 28.4 Å². The SMILES string of the molecule is NC1CCC(C(=O)N2CCc3ncc(C(F)(F)F)cc3C2)(C2CCCC2)C1. The van der Waals surface area contributed by atoms with Crippen LogP contribution in [0.3, 0.4) is 0 Å². The van der Waals surface area contributed by atoms with E-state index in [0.29, 0.717) is 36.6 Å². The first-order valence-electron chi connectivity index (χ1n) is 9.89. The quantitative estimate of drug-likeness (QED) is 0.850. The number of halogens is 3. The molecule has 27 heavy (non-hydrogen) atoms. The number of amides is 1. The van der Waals surface area contributed by atoms with E-state index in [0.717, 1.165) is 50.8 Å². The van der Waals surface area contributed by atoms with Crippen LogP contribution >= 0.6 is 0 Å². The molecule has 4 nitrogen and oxygen atoms in total. The van der Waals surface area contributed by atoms with E-state index in [-0.39, 0.29) is 18.5 Å². The molecule has 1 amide bonds. The fourth-order valence-electron chi connectivity index (χ4n) is 5.40. The summed E-state index contributed by atoms with van der Waals surface area (Å²) in [6.45, 7) is 0.739. The van der Waals surface area contributed by atoms with Crippen molar-refractivity contribution in [3.05, 3.63) is 29.1 Å². The van der Waals surface area contributed by atoms with Gasteiger partial charge < -0.3 is 10.6 Å². The van der Waals surface area contributed by atoms with Crippen molar-refractivity contribution < 1.29 is 18.0 Å². The molecule has 0 spiro atoms. The third-order valence-corrected chi connectivity index (χ3v) is 6.80. The topological polar surface area (TPSA) is 59.2 Å². The van der Waals surface area contributed by atoms with Crippen molar-refractivity contribution in [2.24, 2.45) is 17.1 Å². The van der Waals surface area contributed by atoms with Gasteiger partial charge in [0, 0.05) is 37.4 Å². The summed E-state index contributed by atoms with van der Waals surface area (Å²) in [4.78, 5) is 19.3. The number of aromatic nitrogens is 1. The van der Waals surface area contributed by atoms with E-state index in [9.17, 15) is 18.0 Å². The number of nitrogens with zero attached hydrogens (tertiary/aromatic N) is 2. The third kappa shape index (κ3) is 3.35. The van der Waals surface area contributed by atoms with E-state index in [1.807, 2.05) is 0 Å². The minimum Gasteiger partial charge on any atom is -0.337 e. The van der Waals surface area contributed by atoms with Gasteiger partial charge >= 0.3 is 6.18 Å². The van der Waals surface area contributed by atoms with Gasteiger partial charge in [-0.15, -0.1) is 0 Å². The number of carbonyl (C=O) groups is 1. The zero-order chi connectivity index (χ0) is 19.2. The lowest BCUT2D eigenvalue weighted by atomic mass is 9.71. The molecule has 1 aromatic heterocycles. The zero-order valence-corrected chi connectivity index (χ0v) is 15.4. The molecule has 3 aliphatic rings. The minimum atomic E-state index is -4.42. The molecular formula is C20H26F3N3O. The standard InChI is InChI=1S/C20H26F3N3O/c21-20(22,23)15-9-13-12-26(8-6-17(13)25-11-15)18(27)19(7-5-16(24)10-19)14-3-1-2-4-14/h9,11,14,16H,1-8,10,12,24H2. The van der Waals surface area contributed by atoms with Gasteiger partial charge in [0.25, 0.3) is 0 Å². The second kappa shape index (κ2) is 6.76. The Labute approximate surface area is 157 Å². The Hall–Kier alpha value is -1.63. The van der Waals surface area contributed by atoms with Crippen LogP contribution < -0.4 is 5.73 Å². The molecule has 2 aliphatic carbocycles. The summed E-state index contributed by atoms with van der Waals surface area (Å²) in [5.41, 5.74) is 6.22.